The molecule has 0 saturated carbocycles. The monoisotopic (exact) mass is 257 g/mol. The number of carboxylic acids is 1. The van der Waals surface area contributed by atoms with E-state index < -0.39 is 17.3 Å². The molecule has 1 fully saturated rings. The van der Waals surface area contributed by atoms with Crippen molar-refractivity contribution in [2.24, 2.45) is 11.1 Å². The second-order valence-electron chi connectivity index (χ2n) is 4.80. The summed E-state index contributed by atoms with van der Waals surface area (Å²) >= 11 is 0. The molecule has 7 nitrogen and oxygen atoms in total. The van der Waals surface area contributed by atoms with Crippen LogP contribution in [0.25, 0.3) is 0 Å². The Morgan fingerprint density at radius 2 is 2.06 bits per heavy atom. The number of hydrogen-bond donors (Lipinski definition) is 2. The number of hydrogen-bond acceptors (Lipinski definition) is 3. The van der Waals surface area contributed by atoms with Gasteiger partial charge in [0.05, 0.1) is 5.41 Å². The Morgan fingerprint density at radius 1 is 1.44 bits per heavy atom. The number of aliphatic carboxylic acids is 1. The SMILES string of the molecule is CCN(CC(N)=O)C(=O)N1CCC(C)(C(=O)O)C1. The highest BCUT2D eigenvalue weighted by Crippen LogP contribution is 2.30. The van der Waals surface area contributed by atoms with E-state index in [1.165, 1.54) is 9.80 Å². The molecule has 0 aromatic carbocycles. The van der Waals surface area contributed by atoms with E-state index in [0.29, 0.717) is 19.5 Å². The smallest absolute Gasteiger partial charge is 0.320 e. The zero-order valence-electron chi connectivity index (χ0n) is 10.7. The average molecular weight is 257 g/mol. The van der Waals surface area contributed by atoms with Gasteiger partial charge in [-0.3, -0.25) is 9.59 Å². The van der Waals surface area contributed by atoms with E-state index in [9.17, 15) is 14.4 Å². The van der Waals surface area contributed by atoms with Gasteiger partial charge in [-0.25, -0.2) is 4.79 Å². The number of rotatable bonds is 4. The van der Waals surface area contributed by atoms with Crippen molar-refractivity contribution in [1.29, 1.82) is 0 Å². The second-order valence-corrected chi connectivity index (χ2v) is 4.80. The summed E-state index contributed by atoms with van der Waals surface area (Å²) in [5.74, 6) is -1.49. The van der Waals surface area contributed by atoms with Gasteiger partial charge in [0.1, 0.15) is 6.54 Å². The van der Waals surface area contributed by atoms with Crippen molar-refractivity contribution >= 4 is 17.9 Å². The molecule has 0 bridgehead atoms. The molecule has 1 unspecified atom stereocenters. The summed E-state index contributed by atoms with van der Waals surface area (Å²) in [4.78, 5) is 36.8. The molecule has 3 amide bonds. The second kappa shape index (κ2) is 5.24. The van der Waals surface area contributed by atoms with E-state index in [1.54, 1.807) is 13.8 Å². The Labute approximate surface area is 106 Å². The Hall–Kier alpha value is -1.79. The lowest BCUT2D eigenvalue weighted by Crippen LogP contribution is -2.46. The number of amides is 3. The van der Waals surface area contributed by atoms with Gasteiger partial charge in [0.25, 0.3) is 0 Å². The van der Waals surface area contributed by atoms with Gasteiger partial charge in [-0.2, -0.15) is 0 Å². The zero-order valence-corrected chi connectivity index (χ0v) is 10.7. The van der Waals surface area contributed by atoms with Crippen LogP contribution >= 0.6 is 0 Å². The summed E-state index contributed by atoms with van der Waals surface area (Å²) in [6, 6.07) is -0.332. The van der Waals surface area contributed by atoms with Crippen molar-refractivity contribution in [2.45, 2.75) is 20.3 Å². The lowest BCUT2D eigenvalue weighted by atomic mass is 9.90. The Morgan fingerprint density at radius 3 is 2.44 bits per heavy atom. The largest absolute Gasteiger partial charge is 0.481 e. The summed E-state index contributed by atoms with van der Waals surface area (Å²) in [6.07, 6.45) is 0.419. The fourth-order valence-electron chi connectivity index (χ4n) is 2.00. The Kier molecular flexibility index (Phi) is 4.15. The first-order chi connectivity index (χ1) is 8.30. The number of nitrogens with two attached hydrogens (primary N) is 1. The van der Waals surface area contributed by atoms with Gasteiger partial charge in [0, 0.05) is 19.6 Å². The standard InChI is InChI=1S/C11H19N3O4/c1-3-13(6-8(12)15)10(18)14-5-4-11(2,7-14)9(16)17/h3-7H2,1-2H3,(H2,12,15)(H,16,17). The molecule has 1 saturated heterocycles. The molecule has 1 rings (SSSR count). The molecule has 18 heavy (non-hydrogen) atoms. The van der Waals surface area contributed by atoms with Crippen molar-refractivity contribution in [1.82, 2.24) is 9.80 Å². The lowest BCUT2D eigenvalue weighted by molar-refractivity contribution is -0.147. The highest BCUT2D eigenvalue weighted by Gasteiger charge is 2.43. The van der Waals surface area contributed by atoms with Gasteiger partial charge < -0.3 is 20.6 Å². The molecule has 0 spiro atoms. The van der Waals surface area contributed by atoms with Gasteiger partial charge >= 0.3 is 12.0 Å². The number of nitrogens with zero attached hydrogens (tertiary/aromatic N) is 2. The van der Waals surface area contributed by atoms with E-state index in [0.717, 1.165) is 0 Å². The molecule has 1 aliphatic heterocycles. The molecule has 7 heteroatoms. The molecular weight excluding hydrogens is 238 g/mol. The van der Waals surface area contributed by atoms with Crippen LogP contribution in [0.5, 0.6) is 0 Å². The van der Waals surface area contributed by atoms with Crippen LogP contribution in [0.3, 0.4) is 0 Å². The number of likely N-dealkylation sites (N-methyl/N-ethyl adjacent to an activating group) is 1. The molecule has 0 aromatic rings. The van der Waals surface area contributed by atoms with Crippen LogP contribution in [-0.2, 0) is 9.59 Å². The summed E-state index contributed by atoms with van der Waals surface area (Å²) in [5.41, 5.74) is 4.16. The highest BCUT2D eigenvalue weighted by atomic mass is 16.4. The van der Waals surface area contributed by atoms with Gasteiger partial charge in [0.2, 0.25) is 5.91 Å². The van der Waals surface area contributed by atoms with Gasteiger partial charge in [-0.1, -0.05) is 0 Å². The minimum absolute atomic E-state index is 0.143. The summed E-state index contributed by atoms with van der Waals surface area (Å²) in [7, 11) is 0. The van der Waals surface area contributed by atoms with Crippen molar-refractivity contribution in [2.75, 3.05) is 26.2 Å². The number of urea groups is 1. The molecular formula is C11H19N3O4. The van der Waals surface area contributed by atoms with Crippen LogP contribution < -0.4 is 5.73 Å². The molecule has 0 radical (unpaired) electrons. The summed E-state index contributed by atoms with van der Waals surface area (Å²) < 4.78 is 0. The fraction of sp³-hybridized carbons (Fsp3) is 0.727. The summed E-state index contributed by atoms with van der Waals surface area (Å²) in [5, 5.41) is 9.09. The minimum atomic E-state index is -0.907. The van der Waals surface area contributed by atoms with Crippen LogP contribution in [0.2, 0.25) is 0 Å². The lowest BCUT2D eigenvalue weighted by Gasteiger charge is -2.27. The maximum absolute atomic E-state index is 12.1. The Balaban J connectivity index is 2.69. The molecule has 1 atom stereocenters. The predicted molar refractivity (Wildman–Crippen MR) is 63.8 cm³/mol. The van der Waals surface area contributed by atoms with Crippen LogP contribution in [0.4, 0.5) is 4.79 Å². The van der Waals surface area contributed by atoms with E-state index in [-0.39, 0.29) is 19.1 Å². The van der Waals surface area contributed by atoms with E-state index in [1.807, 2.05) is 0 Å². The normalized spacial score (nSPS) is 22.9. The number of carbonyl (C=O) groups excluding carboxylic acids is 2. The molecule has 0 aliphatic carbocycles. The molecule has 1 heterocycles. The molecule has 1 aliphatic rings. The molecule has 3 N–H and O–H groups in total. The third-order valence-corrected chi connectivity index (χ3v) is 3.26. The topological polar surface area (TPSA) is 104 Å². The first-order valence-corrected chi connectivity index (χ1v) is 5.85. The van der Waals surface area contributed by atoms with Crippen molar-refractivity contribution in [3.8, 4) is 0 Å². The van der Waals surface area contributed by atoms with E-state index in [4.69, 9.17) is 10.8 Å². The van der Waals surface area contributed by atoms with Gasteiger partial charge in [-0.05, 0) is 20.3 Å². The van der Waals surface area contributed by atoms with Crippen LogP contribution in [0, 0.1) is 5.41 Å². The van der Waals surface area contributed by atoms with E-state index >= 15 is 0 Å². The third kappa shape index (κ3) is 2.91. The first kappa shape index (κ1) is 14.3. The van der Waals surface area contributed by atoms with Gasteiger partial charge in [-0.15, -0.1) is 0 Å². The maximum Gasteiger partial charge on any atom is 0.320 e. The van der Waals surface area contributed by atoms with Crippen LogP contribution in [0.15, 0.2) is 0 Å². The molecule has 102 valence electrons. The van der Waals surface area contributed by atoms with Crippen LogP contribution in [-0.4, -0.2) is 59.0 Å². The number of carboxylic acid groups (broad SMARTS) is 1. The maximum atomic E-state index is 12.1. The third-order valence-electron chi connectivity index (χ3n) is 3.26. The van der Waals surface area contributed by atoms with Crippen molar-refractivity contribution in [3.63, 3.8) is 0 Å². The zero-order chi connectivity index (χ0) is 13.9. The van der Waals surface area contributed by atoms with Crippen LogP contribution in [0.1, 0.15) is 20.3 Å². The minimum Gasteiger partial charge on any atom is -0.481 e. The quantitative estimate of drug-likeness (QED) is 0.722. The van der Waals surface area contributed by atoms with Crippen molar-refractivity contribution in [3.05, 3.63) is 0 Å². The predicted octanol–water partition coefficient (Wildman–Crippen LogP) is -0.290. The average Bonchev–Trinajstić information content (AvgIpc) is 2.69. The Bertz CT molecular complexity index is 371. The van der Waals surface area contributed by atoms with Gasteiger partial charge in [0.15, 0.2) is 0 Å². The summed E-state index contributed by atoms with van der Waals surface area (Å²) in [6.45, 7) is 4.13. The van der Waals surface area contributed by atoms with Crippen molar-refractivity contribution < 1.29 is 19.5 Å². The fourth-order valence-corrected chi connectivity index (χ4v) is 2.00. The number of likely N-dealkylation sites (tertiary alicyclic amines) is 1. The first-order valence-electron chi connectivity index (χ1n) is 5.85. The van der Waals surface area contributed by atoms with E-state index in [2.05, 4.69) is 0 Å². The molecule has 0 aromatic heterocycles. The highest BCUT2D eigenvalue weighted by molar-refractivity contribution is 5.84. The number of carbonyl (C=O) groups is 3. The number of primary amides is 1.